The summed E-state index contributed by atoms with van der Waals surface area (Å²) in [6.07, 6.45) is 0. The summed E-state index contributed by atoms with van der Waals surface area (Å²) in [7, 11) is 1.84. The van der Waals surface area contributed by atoms with Gasteiger partial charge in [0.1, 0.15) is 11.3 Å². The van der Waals surface area contributed by atoms with Crippen LogP contribution in [0.15, 0.2) is 36.4 Å². The van der Waals surface area contributed by atoms with Crippen LogP contribution >= 0.6 is 0 Å². The molecule has 0 bridgehead atoms. The number of anilines is 2. The Morgan fingerprint density at radius 2 is 1.79 bits per heavy atom. The predicted molar refractivity (Wildman–Crippen MR) is 74.9 cm³/mol. The van der Waals surface area contributed by atoms with Gasteiger partial charge in [-0.1, -0.05) is 6.07 Å². The van der Waals surface area contributed by atoms with Crippen LogP contribution in [0.4, 0.5) is 15.8 Å². The maximum absolute atomic E-state index is 13.7. The maximum atomic E-state index is 13.7. The van der Waals surface area contributed by atoms with Crippen LogP contribution < -0.4 is 11.5 Å². The minimum absolute atomic E-state index is 0.337. The van der Waals surface area contributed by atoms with Gasteiger partial charge in [-0.05, 0) is 30.3 Å². The normalized spacial score (nSPS) is 11.1. The second-order valence-electron chi connectivity index (χ2n) is 4.49. The van der Waals surface area contributed by atoms with Crippen molar-refractivity contribution < 1.29 is 4.39 Å². The molecule has 0 aliphatic heterocycles. The molecule has 0 unspecified atom stereocenters. The van der Waals surface area contributed by atoms with E-state index in [4.69, 9.17) is 11.5 Å². The Kier molecular flexibility index (Phi) is 2.41. The monoisotopic (exact) mass is 256 g/mol. The second-order valence-corrected chi connectivity index (χ2v) is 4.49. The smallest absolute Gasteiger partial charge is 0.151 e. The number of aryl methyl sites for hydroxylation is 1. The Morgan fingerprint density at radius 3 is 2.42 bits per heavy atom. The molecule has 3 rings (SSSR count). The van der Waals surface area contributed by atoms with E-state index < -0.39 is 0 Å². The van der Waals surface area contributed by atoms with E-state index in [9.17, 15) is 4.39 Å². The standard InChI is InChI=1S/C14H13FN4/c1-19-12-4-2-3-11(15)13(12)18-14(19)8-5-9(16)7-10(17)6-8/h2-7H,16-17H2,1H3. The number of halogens is 1. The fourth-order valence-electron chi connectivity index (χ4n) is 2.24. The van der Waals surface area contributed by atoms with Gasteiger partial charge in [0.15, 0.2) is 5.82 Å². The molecule has 4 N–H and O–H groups in total. The van der Waals surface area contributed by atoms with Crippen LogP contribution in [0.25, 0.3) is 22.4 Å². The lowest BCUT2D eigenvalue weighted by Crippen LogP contribution is -1.96. The average Bonchev–Trinajstić information content (AvgIpc) is 2.68. The van der Waals surface area contributed by atoms with E-state index in [1.165, 1.54) is 6.07 Å². The van der Waals surface area contributed by atoms with Gasteiger partial charge in [-0.15, -0.1) is 0 Å². The van der Waals surface area contributed by atoms with E-state index >= 15 is 0 Å². The highest BCUT2D eigenvalue weighted by atomic mass is 19.1. The largest absolute Gasteiger partial charge is 0.399 e. The molecule has 96 valence electrons. The van der Waals surface area contributed by atoms with E-state index in [-0.39, 0.29) is 5.82 Å². The lowest BCUT2D eigenvalue weighted by molar-refractivity contribution is 0.637. The first-order chi connectivity index (χ1) is 9.06. The van der Waals surface area contributed by atoms with Crippen molar-refractivity contribution in [3.8, 4) is 11.4 Å². The fourth-order valence-corrected chi connectivity index (χ4v) is 2.24. The van der Waals surface area contributed by atoms with Gasteiger partial charge in [0.2, 0.25) is 0 Å². The molecule has 0 aliphatic rings. The highest BCUT2D eigenvalue weighted by molar-refractivity contribution is 5.82. The predicted octanol–water partition coefficient (Wildman–Crippen LogP) is 2.54. The summed E-state index contributed by atoms with van der Waals surface area (Å²) < 4.78 is 15.6. The highest BCUT2D eigenvalue weighted by Crippen LogP contribution is 2.27. The third-order valence-corrected chi connectivity index (χ3v) is 3.10. The number of nitrogens with two attached hydrogens (primary N) is 2. The Labute approximate surface area is 109 Å². The number of hydrogen-bond donors (Lipinski definition) is 2. The first-order valence-corrected chi connectivity index (χ1v) is 5.83. The van der Waals surface area contributed by atoms with Gasteiger partial charge in [-0.2, -0.15) is 0 Å². The summed E-state index contributed by atoms with van der Waals surface area (Å²) >= 11 is 0. The van der Waals surface area contributed by atoms with E-state index in [1.807, 2.05) is 17.7 Å². The van der Waals surface area contributed by atoms with Crippen LogP contribution in [0.1, 0.15) is 0 Å². The Hall–Kier alpha value is -2.56. The maximum Gasteiger partial charge on any atom is 0.151 e. The minimum atomic E-state index is -0.337. The van der Waals surface area contributed by atoms with Crippen LogP contribution in [0.2, 0.25) is 0 Å². The summed E-state index contributed by atoms with van der Waals surface area (Å²) in [6.45, 7) is 0. The molecule has 3 aromatic rings. The third-order valence-electron chi connectivity index (χ3n) is 3.10. The third kappa shape index (κ3) is 1.79. The minimum Gasteiger partial charge on any atom is -0.399 e. The SMILES string of the molecule is Cn1c(-c2cc(N)cc(N)c2)nc2c(F)cccc21. The molecular weight excluding hydrogens is 243 g/mol. The molecule has 4 nitrogen and oxygen atoms in total. The van der Waals surface area contributed by atoms with E-state index in [0.29, 0.717) is 22.7 Å². The van der Waals surface area contributed by atoms with Crippen LogP contribution in [-0.4, -0.2) is 9.55 Å². The molecule has 0 saturated carbocycles. The molecule has 1 heterocycles. The van der Waals surface area contributed by atoms with Gasteiger partial charge in [-0.3, -0.25) is 0 Å². The van der Waals surface area contributed by atoms with Crippen molar-refractivity contribution in [1.82, 2.24) is 9.55 Å². The number of aromatic nitrogens is 2. The number of fused-ring (bicyclic) bond motifs is 1. The molecule has 1 aromatic heterocycles. The van der Waals surface area contributed by atoms with Crippen molar-refractivity contribution >= 4 is 22.4 Å². The van der Waals surface area contributed by atoms with E-state index in [0.717, 1.165) is 11.1 Å². The molecular formula is C14H13FN4. The molecule has 0 amide bonds. The topological polar surface area (TPSA) is 69.9 Å². The average molecular weight is 256 g/mol. The van der Waals surface area contributed by atoms with Crippen molar-refractivity contribution in [2.45, 2.75) is 0 Å². The summed E-state index contributed by atoms with van der Waals surface area (Å²) in [4.78, 5) is 4.34. The van der Waals surface area contributed by atoms with Crippen LogP contribution in [0.5, 0.6) is 0 Å². The van der Waals surface area contributed by atoms with Gasteiger partial charge in [-0.25, -0.2) is 9.37 Å². The molecule has 2 aromatic carbocycles. The Balaban J connectivity index is 2.31. The molecule has 0 saturated heterocycles. The molecule has 0 spiro atoms. The first-order valence-electron chi connectivity index (χ1n) is 5.83. The van der Waals surface area contributed by atoms with Crippen LogP contribution in [0, 0.1) is 5.82 Å². The number of para-hydroxylation sites is 1. The number of nitrogen functional groups attached to an aromatic ring is 2. The molecule has 0 fully saturated rings. The van der Waals surface area contributed by atoms with Crippen LogP contribution in [-0.2, 0) is 7.05 Å². The molecule has 19 heavy (non-hydrogen) atoms. The lowest BCUT2D eigenvalue weighted by atomic mass is 10.1. The summed E-state index contributed by atoms with van der Waals surface area (Å²) in [5.41, 5.74) is 14.5. The van der Waals surface area contributed by atoms with Crippen molar-refractivity contribution in [3.05, 3.63) is 42.2 Å². The van der Waals surface area contributed by atoms with Crippen LogP contribution in [0.3, 0.4) is 0 Å². The Morgan fingerprint density at radius 1 is 1.11 bits per heavy atom. The summed E-state index contributed by atoms with van der Waals surface area (Å²) in [5.74, 6) is 0.301. The van der Waals surface area contributed by atoms with Gasteiger partial charge < -0.3 is 16.0 Å². The quantitative estimate of drug-likeness (QED) is 0.657. The number of rotatable bonds is 1. The van der Waals surface area contributed by atoms with Gasteiger partial charge >= 0.3 is 0 Å². The Bertz CT molecular complexity index is 756. The van der Waals surface area contributed by atoms with Crippen molar-refractivity contribution in [2.24, 2.45) is 7.05 Å². The molecule has 5 heteroatoms. The molecule has 0 atom stereocenters. The first kappa shape index (κ1) is 11.5. The molecule has 0 aliphatic carbocycles. The summed E-state index contributed by atoms with van der Waals surface area (Å²) in [5, 5.41) is 0. The zero-order chi connectivity index (χ0) is 13.6. The lowest BCUT2D eigenvalue weighted by Gasteiger charge is -2.05. The van der Waals surface area contributed by atoms with Crippen molar-refractivity contribution in [3.63, 3.8) is 0 Å². The zero-order valence-corrected chi connectivity index (χ0v) is 10.4. The highest BCUT2D eigenvalue weighted by Gasteiger charge is 2.13. The van der Waals surface area contributed by atoms with E-state index in [1.54, 1.807) is 24.3 Å². The number of imidazole rings is 1. The zero-order valence-electron chi connectivity index (χ0n) is 10.4. The molecule has 0 radical (unpaired) electrons. The summed E-state index contributed by atoms with van der Waals surface area (Å²) in [6, 6.07) is 10.1. The van der Waals surface area contributed by atoms with Crippen molar-refractivity contribution in [1.29, 1.82) is 0 Å². The number of benzene rings is 2. The van der Waals surface area contributed by atoms with Gasteiger partial charge in [0, 0.05) is 24.0 Å². The van der Waals surface area contributed by atoms with Crippen molar-refractivity contribution in [2.75, 3.05) is 11.5 Å². The van der Waals surface area contributed by atoms with Gasteiger partial charge in [0.25, 0.3) is 0 Å². The van der Waals surface area contributed by atoms with Gasteiger partial charge in [0.05, 0.1) is 5.52 Å². The number of hydrogen-bond acceptors (Lipinski definition) is 3. The number of nitrogens with zero attached hydrogens (tertiary/aromatic N) is 2. The second kappa shape index (κ2) is 3.98. The van der Waals surface area contributed by atoms with E-state index in [2.05, 4.69) is 4.98 Å². The fraction of sp³-hybridized carbons (Fsp3) is 0.0714.